The number of aromatic amines is 1. The summed E-state index contributed by atoms with van der Waals surface area (Å²) in [5.74, 6) is 1.37. The maximum atomic E-state index is 12.6. The van der Waals surface area contributed by atoms with E-state index < -0.39 is 0 Å². The number of amides is 1. The Bertz CT molecular complexity index is 665. The number of thiazole rings is 1. The number of likely N-dealkylation sites (tertiary alicyclic amines) is 1. The molecule has 0 saturated carbocycles. The monoisotopic (exact) mass is 302 g/mol. The SMILES string of the molecule is Cc1nc(-c2c[nH]c(C(=O)N3C[C@H]4CNC[C@H]4C3)c2)cs1. The zero-order valence-electron chi connectivity index (χ0n) is 11.9. The van der Waals surface area contributed by atoms with Crippen LogP contribution in [0.1, 0.15) is 15.5 Å². The molecule has 2 N–H and O–H groups in total. The average Bonchev–Trinajstić information content (AvgIpc) is 3.20. The zero-order valence-corrected chi connectivity index (χ0v) is 12.7. The molecule has 2 aromatic rings. The number of carbonyl (C=O) groups is 1. The Kier molecular flexibility index (Phi) is 3.08. The lowest BCUT2D eigenvalue weighted by molar-refractivity contribution is 0.0776. The van der Waals surface area contributed by atoms with Crippen LogP contribution in [0.2, 0.25) is 0 Å². The lowest BCUT2D eigenvalue weighted by Gasteiger charge is -2.16. The van der Waals surface area contributed by atoms with Crippen LogP contribution in [-0.4, -0.2) is 47.0 Å². The summed E-state index contributed by atoms with van der Waals surface area (Å²) in [5, 5.41) is 6.47. The Balaban J connectivity index is 1.52. The first-order valence-corrected chi connectivity index (χ1v) is 8.19. The third-order valence-electron chi connectivity index (χ3n) is 4.50. The predicted molar refractivity (Wildman–Crippen MR) is 82.4 cm³/mol. The van der Waals surface area contributed by atoms with Crippen LogP contribution < -0.4 is 5.32 Å². The third kappa shape index (κ3) is 2.28. The summed E-state index contributed by atoms with van der Waals surface area (Å²) in [4.78, 5) is 22.1. The summed E-state index contributed by atoms with van der Waals surface area (Å²) < 4.78 is 0. The third-order valence-corrected chi connectivity index (χ3v) is 5.28. The molecule has 2 aromatic heterocycles. The largest absolute Gasteiger partial charge is 0.357 e. The molecule has 2 aliphatic heterocycles. The minimum absolute atomic E-state index is 0.114. The van der Waals surface area contributed by atoms with E-state index in [4.69, 9.17) is 0 Å². The first-order valence-electron chi connectivity index (χ1n) is 7.31. The van der Waals surface area contributed by atoms with Gasteiger partial charge in [0, 0.05) is 43.3 Å². The Morgan fingerprint density at radius 2 is 2.14 bits per heavy atom. The number of nitrogens with zero attached hydrogens (tertiary/aromatic N) is 2. The van der Waals surface area contributed by atoms with Gasteiger partial charge in [0.2, 0.25) is 0 Å². The van der Waals surface area contributed by atoms with E-state index in [-0.39, 0.29) is 5.91 Å². The van der Waals surface area contributed by atoms with E-state index in [9.17, 15) is 4.79 Å². The van der Waals surface area contributed by atoms with Gasteiger partial charge in [0.25, 0.3) is 5.91 Å². The van der Waals surface area contributed by atoms with Crippen molar-refractivity contribution in [2.24, 2.45) is 11.8 Å². The molecular weight excluding hydrogens is 284 g/mol. The Morgan fingerprint density at radius 1 is 1.38 bits per heavy atom. The van der Waals surface area contributed by atoms with Crippen LogP contribution in [0.4, 0.5) is 0 Å². The van der Waals surface area contributed by atoms with Gasteiger partial charge in [-0.05, 0) is 24.8 Å². The highest BCUT2D eigenvalue weighted by Gasteiger charge is 2.38. The molecule has 110 valence electrons. The maximum absolute atomic E-state index is 12.6. The van der Waals surface area contributed by atoms with Crippen molar-refractivity contribution in [2.75, 3.05) is 26.2 Å². The van der Waals surface area contributed by atoms with Crippen LogP contribution in [0, 0.1) is 18.8 Å². The minimum atomic E-state index is 0.114. The van der Waals surface area contributed by atoms with E-state index in [0.29, 0.717) is 17.5 Å². The van der Waals surface area contributed by atoms with Crippen molar-refractivity contribution >= 4 is 17.2 Å². The summed E-state index contributed by atoms with van der Waals surface area (Å²) in [5.41, 5.74) is 2.60. The van der Waals surface area contributed by atoms with Crippen molar-refractivity contribution in [3.63, 3.8) is 0 Å². The highest BCUT2D eigenvalue weighted by Crippen LogP contribution is 2.28. The van der Waals surface area contributed by atoms with Crippen molar-refractivity contribution in [3.05, 3.63) is 28.3 Å². The molecule has 0 aromatic carbocycles. The molecule has 2 saturated heterocycles. The van der Waals surface area contributed by atoms with Crippen molar-refractivity contribution in [1.29, 1.82) is 0 Å². The van der Waals surface area contributed by atoms with Crippen molar-refractivity contribution in [2.45, 2.75) is 6.92 Å². The quantitative estimate of drug-likeness (QED) is 0.888. The number of hydrogen-bond donors (Lipinski definition) is 2. The molecule has 0 aliphatic carbocycles. The highest BCUT2D eigenvalue weighted by atomic mass is 32.1. The van der Waals surface area contributed by atoms with Gasteiger partial charge in [0.05, 0.1) is 10.7 Å². The van der Waals surface area contributed by atoms with E-state index in [1.807, 2.05) is 29.5 Å². The maximum Gasteiger partial charge on any atom is 0.270 e. The van der Waals surface area contributed by atoms with E-state index >= 15 is 0 Å². The molecule has 0 unspecified atom stereocenters. The van der Waals surface area contributed by atoms with Crippen LogP contribution in [-0.2, 0) is 0 Å². The molecule has 0 radical (unpaired) electrons. The van der Waals surface area contributed by atoms with Gasteiger partial charge in [-0.25, -0.2) is 4.98 Å². The molecule has 1 amide bonds. The summed E-state index contributed by atoms with van der Waals surface area (Å²) in [6.07, 6.45) is 1.88. The van der Waals surface area contributed by atoms with Crippen molar-refractivity contribution < 1.29 is 4.79 Å². The number of aromatic nitrogens is 2. The van der Waals surface area contributed by atoms with E-state index in [2.05, 4.69) is 15.3 Å². The van der Waals surface area contributed by atoms with Gasteiger partial charge in [-0.1, -0.05) is 0 Å². The number of rotatable bonds is 2. The molecule has 2 aliphatic rings. The molecule has 21 heavy (non-hydrogen) atoms. The normalized spacial score (nSPS) is 24.5. The second kappa shape index (κ2) is 4.96. The fourth-order valence-electron chi connectivity index (χ4n) is 3.35. The number of hydrogen-bond acceptors (Lipinski definition) is 4. The van der Waals surface area contributed by atoms with Crippen LogP contribution in [0.15, 0.2) is 17.6 Å². The van der Waals surface area contributed by atoms with Crippen LogP contribution in [0.3, 0.4) is 0 Å². The van der Waals surface area contributed by atoms with E-state index in [1.54, 1.807) is 11.3 Å². The molecule has 5 nitrogen and oxygen atoms in total. The summed E-state index contributed by atoms with van der Waals surface area (Å²) in [6, 6.07) is 1.92. The van der Waals surface area contributed by atoms with Gasteiger partial charge in [-0.15, -0.1) is 11.3 Å². The number of aryl methyl sites for hydroxylation is 1. The number of H-pyrrole nitrogens is 1. The number of fused-ring (bicyclic) bond motifs is 1. The standard InChI is InChI=1S/C15H18N4OS/c1-9-18-14(8-21-9)10-2-13(17-5-10)15(20)19-6-11-3-16-4-12(11)7-19/h2,5,8,11-12,16-17H,3-4,6-7H2,1H3/t11-,12+. The minimum Gasteiger partial charge on any atom is -0.357 e. The fourth-order valence-corrected chi connectivity index (χ4v) is 3.98. The molecule has 0 bridgehead atoms. The summed E-state index contributed by atoms with van der Waals surface area (Å²) >= 11 is 1.63. The van der Waals surface area contributed by atoms with Gasteiger partial charge in [0.1, 0.15) is 5.69 Å². The first kappa shape index (κ1) is 13.0. The topological polar surface area (TPSA) is 61.0 Å². The highest BCUT2D eigenvalue weighted by molar-refractivity contribution is 7.09. The fraction of sp³-hybridized carbons (Fsp3) is 0.467. The molecule has 2 fully saturated rings. The van der Waals surface area contributed by atoms with Gasteiger partial charge in [0.15, 0.2) is 0 Å². The van der Waals surface area contributed by atoms with Crippen molar-refractivity contribution in [3.8, 4) is 11.3 Å². The van der Waals surface area contributed by atoms with E-state index in [0.717, 1.165) is 42.4 Å². The molecule has 4 heterocycles. The average molecular weight is 302 g/mol. The molecule has 6 heteroatoms. The number of nitrogens with one attached hydrogen (secondary N) is 2. The zero-order chi connectivity index (χ0) is 14.4. The Morgan fingerprint density at radius 3 is 2.81 bits per heavy atom. The predicted octanol–water partition coefficient (Wildman–Crippen LogP) is 1.74. The Labute approximate surface area is 127 Å². The van der Waals surface area contributed by atoms with E-state index in [1.165, 1.54) is 0 Å². The number of carbonyl (C=O) groups excluding carboxylic acids is 1. The second-order valence-corrected chi connectivity index (χ2v) is 7.00. The molecule has 0 spiro atoms. The van der Waals surface area contributed by atoms with Gasteiger partial charge in [-0.3, -0.25) is 4.79 Å². The first-order chi connectivity index (χ1) is 10.2. The molecule has 4 rings (SSSR count). The second-order valence-electron chi connectivity index (χ2n) is 5.94. The van der Waals surface area contributed by atoms with Crippen LogP contribution >= 0.6 is 11.3 Å². The molecule has 2 atom stereocenters. The lowest BCUT2D eigenvalue weighted by Crippen LogP contribution is -2.32. The summed E-state index contributed by atoms with van der Waals surface area (Å²) in [6.45, 7) is 5.83. The summed E-state index contributed by atoms with van der Waals surface area (Å²) in [7, 11) is 0. The van der Waals surface area contributed by atoms with Gasteiger partial charge in [-0.2, -0.15) is 0 Å². The van der Waals surface area contributed by atoms with Crippen molar-refractivity contribution in [1.82, 2.24) is 20.2 Å². The van der Waals surface area contributed by atoms with Crippen LogP contribution in [0.5, 0.6) is 0 Å². The Hall–Kier alpha value is -1.66. The van der Waals surface area contributed by atoms with Crippen LogP contribution in [0.25, 0.3) is 11.3 Å². The van der Waals surface area contributed by atoms with Gasteiger partial charge < -0.3 is 15.2 Å². The smallest absolute Gasteiger partial charge is 0.270 e. The van der Waals surface area contributed by atoms with Gasteiger partial charge >= 0.3 is 0 Å². The molecular formula is C15H18N4OS. The lowest BCUT2D eigenvalue weighted by atomic mass is 10.0.